The normalized spacial score (nSPS) is 13.1. The number of benzene rings is 1. The average molecular weight is 478 g/mol. The first kappa shape index (κ1) is 26.8. The number of thioether (sulfide) groups is 1. The minimum Gasteiger partial charge on any atom is -0.504 e. The number of hydrogen-bond donors (Lipinski definition) is 5. The molecule has 1 aromatic rings. The lowest BCUT2D eigenvalue weighted by Crippen LogP contribution is -2.52. The lowest BCUT2D eigenvalue weighted by atomic mass is 10.0. The van der Waals surface area contributed by atoms with Gasteiger partial charge in [0.25, 0.3) is 0 Å². The van der Waals surface area contributed by atoms with Gasteiger partial charge in [-0.25, -0.2) is 9.36 Å². The van der Waals surface area contributed by atoms with Gasteiger partial charge >= 0.3 is 13.8 Å². The first-order valence-electron chi connectivity index (χ1n) is 9.26. The molecule has 13 heteroatoms. The van der Waals surface area contributed by atoms with Crippen molar-refractivity contribution in [2.75, 3.05) is 18.6 Å². The van der Waals surface area contributed by atoms with Crippen LogP contribution in [0.4, 0.5) is 0 Å². The molecule has 11 nitrogen and oxygen atoms in total. The molecule has 174 valence electrons. The summed E-state index contributed by atoms with van der Waals surface area (Å²) in [6, 6.07) is 1.71. The Labute approximate surface area is 184 Å². The molecule has 0 aliphatic carbocycles. The zero-order valence-electron chi connectivity index (χ0n) is 17.4. The van der Waals surface area contributed by atoms with Gasteiger partial charge in [0.2, 0.25) is 11.8 Å². The molecule has 2 amide bonds. The van der Waals surface area contributed by atoms with Crippen LogP contribution in [-0.2, 0) is 30.1 Å². The molecule has 1 rings (SSSR count). The summed E-state index contributed by atoms with van der Waals surface area (Å²) in [6.45, 7) is 2.97. The van der Waals surface area contributed by atoms with Crippen molar-refractivity contribution >= 4 is 37.4 Å². The molecular weight excluding hydrogens is 451 g/mol. The van der Waals surface area contributed by atoms with Crippen LogP contribution in [-0.4, -0.2) is 63.4 Å². The Bertz CT molecular complexity index is 830. The molecule has 0 heterocycles. The van der Waals surface area contributed by atoms with Crippen LogP contribution in [0.5, 0.6) is 11.5 Å². The standard InChI is InChI=1S/C18H27N2O9PS/c1-4-28-18(24)14(20-17(23)13(7-8-31-3)19-11(2)21)9-12-5-6-16(15(22)10-12)29-30(25,26)27/h5-6,10,13-14,22H,4,7-9H2,1-3H3,(H,19,21)(H,20,23)(H2,25,26,27)/t13-,14-/m0/s1. The maximum absolute atomic E-state index is 12.7. The minimum absolute atomic E-state index is 0.0765. The smallest absolute Gasteiger partial charge is 0.504 e. The summed E-state index contributed by atoms with van der Waals surface area (Å²) in [4.78, 5) is 54.2. The Morgan fingerprint density at radius 2 is 1.87 bits per heavy atom. The highest BCUT2D eigenvalue weighted by Gasteiger charge is 2.28. The molecule has 0 fully saturated rings. The molecule has 2 atom stereocenters. The van der Waals surface area contributed by atoms with E-state index in [1.807, 2.05) is 6.26 Å². The number of phosphoric acid groups is 1. The molecular formula is C18H27N2O9PS. The van der Waals surface area contributed by atoms with Crippen molar-refractivity contribution in [3.63, 3.8) is 0 Å². The van der Waals surface area contributed by atoms with Crippen LogP contribution >= 0.6 is 19.6 Å². The fourth-order valence-electron chi connectivity index (χ4n) is 2.59. The fourth-order valence-corrected chi connectivity index (χ4v) is 3.47. The van der Waals surface area contributed by atoms with E-state index in [-0.39, 0.29) is 18.9 Å². The third kappa shape index (κ3) is 10.1. The van der Waals surface area contributed by atoms with E-state index in [1.165, 1.54) is 24.8 Å². The summed E-state index contributed by atoms with van der Waals surface area (Å²) >= 11 is 1.50. The molecule has 5 N–H and O–H groups in total. The third-order valence-corrected chi connectivity index (χ3v) is 4.95. The van der Waals surface area contributed by atoms with Crippen LogP contribution in [0, 0.1) is 0 Å². The van der Waals surface area contributed by atoms with Gasteiger partial charge in [-0.05, 0) is 43.0 Å². The van der Waals surface area contributed by atoms with E-state index in [1.54, 1.807) is 6.92 Å². The molecule has 0 spiro atoms. The number of phosphoric ester groups is 1. The van der Waals surface area contributed by atoms with Gasteiger partial charge in [-0.3, -0.25) is 19.4 Å². The highest BCUT2D eigenvalue weighted by Crippen LogP contribution is 2.41. The van der Waals surface area contributed by atoms with Gasteiger partial charge in [-0.15, -0.1) is 0 Å². The topological polar surface area (TPSA) is 171 Å². The van der Waals surface area contributed by atoms with Crippen molar-refractivity contribution in [3.8, 4) is 11.5 Å². The van der Waals surface area contributed by atoms with Gasteiger partial charge in [-0.1, -0.05) is 6.07 Å². The molecule has 0 aromatic heterocycles. The number of amides is 2. The van der Waals surface area contributed by atoms with E-state index in [9.17, 15) is 24.1 Å². The van der Waals surface area contributed by atoms with Crippen molar-refractivity contribution in [1.82, 2.24) is 10.6 Å². The van der Waals surface area contributed by atoms with Crippen molar-refractivity contribution < 1.29 is 43.1 Å². The van der Waals surface area contributed by atoms with Crippen LogP contribution < -0.4 is 15.2 Å². The lowest BCUT2D eigenvalue weighted by molar-refractivity contribution is -0.147. The fraction of sp³-hybridized carbons (Fsp3) is 0.500. The quantitative estimate of drug-likeness (QED) is 0.213. The molecule has 31 heavy (non-hydrogen) atoms. The largest absolute Gasteiger partial charge is 0.524 e. The Balaban J connectivity index is 3.02. The van der Waals surface area contributed by atoms with Crippen molar-refractivity contribution in [3.05, 3.63) is 23.8 Å². The van der Waals surface area contributed by atoms with Gasteiger partial charge in [0.05, 0.1) is 6.61 Å². The highest BCUT2D eigenvalue weighted by atomic mass is 32.2. The van der Waals surface area contributed by atoms with Gasteiger partial charge in [-0.2, -0.15) is 11.8 Å². The summed E-state index contributed by atoms with van der Waals surface area (Å²) in [6.07, 6.45) is 2.14. The van der Waals surface area contributed by atoms with Crippen molar-refractivity contribution in [2.45, 2.75) is 38.8 Å². The number of hydrogen-bond acceptors (Lipinski definition) is 8. The summed E-state index contributed by atoms with van der Waals surface area (Å²) in [5.74, 6) is -2.04. The van der Waals surface area contributed by atoms with E-state index >= 15 is 0 Å². The maximum atomic E-state index is 12.7. The van der Waals surface area contributed by atoms with Gasteiger partial charge < -0.3 is 25.0 Å². The second kappa shape index (κ2) is 12.6. The van der Waals surface area contributed by atoms with E-state index in [0.29, 0.717) is 17.7 Å². The minimum atomic E-state index is -4.86. The summed E-state index contributed by atoms with van der Waals surface area (Å²) < 4.78 is 20.3. The number of phenolic OH excluding ortho intramolecular Hbond substituents is 1. The van der Waals surface area contributed by atoms with Crippen molar-refractivity contribution in [1.29, 1.82) is 0 Å². The SMILES string of the molecule is CCOC(=O)[C@H](Cc1ccc(OP(=O)(O)O)c(O)c1)NC(=O)[C@H](CCSC)NC(C)=O. The Kier molecular flexibility index (Phi) is 10.8. The number of carbonyl (C=O) groups is 3. The van der Waals surface area contributed by atoms with E-state index < -0.39 is 43.3 Å². The van der Waals surface area contributed by atoms with Crippen LogP contribution in [0.2, 0.25) is 0 Å². The first-order chi connectivity index (χ1) is 14.5. The molecule has 0 unspecified atom stereocenters. The maximum Gasteiger partial charge on any atom is 0.524 e. The number of carbonyl (C=O) groups excluding carboxylic acids is 3. The Hall–Kier alpha value is -2.27. The molecule has 0 aliphatic heterocycles. The molecule has 1 aromatic carbocycles. The number of rotatable bonds is 12. The highest BCUT2D eigenvalue weighted by molar-refractivity contribution is 7.98. The van der Waals surface area contributed by atoms with Gasteiger partial charge in [0, 0.05) is 13.3 Å². The second-order valence-electron chi connectivity index (χ2n) is 6.44. The van der Waals surface area contributed by atoms with E-state index in [0.717, 1.165) is 12.1 Å². The number of nitrogens with one attached hydrogen (secondary N) is 2. The second-order valence-corrected chi connectivity index (χ2v) is 8.59. The third-order valence-electron chi connectivity index (χ3n) is 3.87. The molecule has 0 radical (unpaired) electrons. The molecule has 0 saturated carbocycles. The number of ether oxygens (including phenoxy) is 1. The Morgan fingerprint density at radius 1 is 1.19 bits per heavy atom. The first-order valence-corrected chi connectivity index (χ1v) is 12.2. The predicted octanol–water partition coefficient (Wildman–Crippen LogP) is 0.712. The summed E-state index contributed by atoms with van der Waals surface area (Å²) in [5, 5.41) is 15.1. The van der Waals surface area contributed by atoms with Crippen LogP contribution in [0.3, 0.4) is 0 Å². The van der Waals surface area contributed by atoms with E-state index in [2.05, 4.69) is 15.2 Å². The Morgan fingerprint density at radius 3 is 2.39 bits per heavy atom. The lowest BCUT2D eigenvalue weighted by Gasteiger charge is -2.22. The number of phenols is 1. The zero-order chi connectivity index (χ0) is 23.6. The number of aromatic hydroxyl groups is 1. The summed E-state index contributed by atoms with van der Waals surface area (Å²) in [5.41, 5.74) is 0.370. The van der Waals surface area contributed by atoms with E-state index in [4.69, 9.17) is 14.5 Å². The van der Waals surface area contributed by atoms with Gasteiger partial charge in [0.1, 0.15) is 12.1 Å². The van der Waals surface area contributed by atoms with Gasteiger partial charge in [0.15, 0.2) is 11.5 Å². The molecule has 0 saturated heterocycles. The number of esters is 1. The summed E-state index contributed by atoms with van der Waals surface area (Å²) in [7, 11) is -4.86. The predicted molar refractivity (Wildman–Crippen MR) is 114 cm³/mol. The molecule has 0 bridgehead atoms. The average Bonchev–Trinajstić information content (AvgIpc) is 2.65. The zero-order valence-corrected chi connectivity index (χ0v) is 19.1. The molecule has 0 aliphatic rings. The van der Waals surface area contributed by atoms with Crippen LogP contribution in [0.1, 0.15) is 25.8 Å². The van der Waals surface area contributed by atoms with Crippen molar-refractivity contribution in [2.24, 2.45) is 0 Å². The van der Waals surface area contributed by atoms with Crippen LogP contribution in [0.25, 0.3) is 0 Å². The van der Waals surface area contributed by atoms with Crippen LogP contribution in [0.15, 0.2) is 18.2 Å². The monoisotopic (exact) mass is 478 g/mol.